The first kappa shape index (κ1) is 16.6. The normalized spacial score (nSPS) is 12.9. The van der Waals surface area contributed by atoms with Gasteiger partial charge in [0.15, 0.2) is 0 Å². The van der Waals surface area contributed by atoms with Gasteiger partial charge in [-0.05, 0) is 33.3 Å². The summed E-state index contributed by atoms with van der Waals surface area (Å²) in [4.78, 5) is 6.31. The van der Waals surface area contributed by atoms with E-state index in [0.29, 0.717) is 5.88 Å². The van der Waals surface area contributed by atoms with Crippen molar-refractivity contribution in [3.63, 3.8) is 0 Å². The van der Waals surface area contributed by atoms with Crippen LogP contribution in [0.4, 0.5) is 11.4 Å². The molecular formula is C15H27N3O2. The number of rotatable bonds is 7. The number of nitrogens with one attached hydrogen (secondary N) is 1. The summed E-state index contributed by atoms with van der Waals surface area (Å²) in [7, 11) is 7.38. The Hall–Kier alpha value is -1.49. The van der Waals surface area contributed by atoms with Crippen molar-refractivity contribution in [3.05, 3.63) is 12.3 Å². The van der Waals surface area contributed by atoms with Gasteiger partial charge in [-0.15, -0.1) is 0 Å². The maximum Gasteiger partial charge on any atom is 0.239 e. The zero-order valence-corrected chi connectivity index (χ0v) is 13.7. The van der Waals surface area contributed by atoms with Gasteiger partial charge >= 0.3 is 0 Å². The summed E-state index contributed by atoms with van der Waals surface area (Å²) in [5, 5.41) is 3.49. The van der Waals surface area contributed by atoms with E-state index in [9.17, 15) is 0 Å². The number of aromatic nitrogens is 1. The van der Waals surface area contributed by atoms with Gasteiger partial charge in [0.05, 0.1) is 18.4 Å². The highest BCUT2D eigenvalue weighted by molar-refractivity contribution is 5.74. The molecule has 0 fully saturated rings. The van der Waals surface area contributed by atoms with Gasteiger partial charge in [0.25, 0.3) is 0 Å². The largest absolute Gasteiger partial charge is 0.479 e. The molecule has 0 spiro atoms. The van der Waals surface area contributed by atoms with Gasteiger partial charge in [-0.1, -0.05) is 0 Å². The van der Waals surface area contributed by atoms with Crippen LogP contribution < -0.4 is 15.0 Å². The molecule has 0 saturated heterocycles. The fraction of sp³-hybridized carbons (Fsp3) is 0.667. The van der Waals surface area contributed by atoms with E-state index in [2.05, 4.69) is 31.1 Å². The van der Waals surface area contributed by atoms with Crippen LogP contribution in [0.15, 0.2) is 12.3 Å². The molecule has 0 aliphatic rings. The average molecular weight is 281 g/mol. The van der Waals surface area contributed by atoms with Crippen LogP contribution in [0, 0.1) is 0 Å². The molecule has 0 aliphatic heterocycles. The number of hydrogen-bond acceptors (Lipinski definition) is 5. The molecule has 0 amide bonds. The third-order valence-corrected chi connectivity index (χ3v) is 3.31. The molecule has 0 aliphatic carbocycles. The van der Waals surface area contributed by atoms with Gasteiger partial charge in [-0.2, -0.15) is 0 Å². The molecule has 1 heterocycles. The van der Waals surface area contributed by atoms with Crippen LogP contribution in [0.1, 0.15) is 27.2 Å². The fourth-order valence-corrected chi connectivity index (χ4v) is 2.21. The molecule has 1 unspecified atom stereocenters. The monoisotopic (exact) mass is 281 g/mol. The molecule has 0 bridgehead atoms. The van der Waals surface area contributed by atoms with Crippen molar-refractivity contribution in [2.45, 2.75) is 38.8 Å². The fourth-order valence-electron chi connectivity index (χ4n) is 2.21. The first-order valence-corrected chi connectivity index (χ1v) is 6.82. The van der Waals surface area contributed by atoms with E-state index in [4.69, 9.17) is 9.47 Å². The SMILES string of the molecule is COc1nccc(N(C)C)c1NC(C)CC(C)(C)OC. The second-order valence-electron chi connectivity index (χ2n) is 5.82. The smallest absolute Gasteiger partial charge is 0.239 e. The molecule has 1 rings (SSSR count). The van der Waals surface area contributed by atoms with Crippen molar-refractivity contribution in [3.8, 4) is 5.88 Å². The molecular weight excluding hydrogens is 254 g/mol. The van der Waals surface area contributed by atoms with Crippen LogP contribution in [0.25, 0.3) is 0 Å². The summed E-state index contributed by atoms with van der Waals surface area (Å²) in [5.41, 5.74) is 1.80. The first-order chi connectivity index (χ1) is 9.30. The van der Waals surface area contributed by atoms with E-state index in [1.165, 1.54) is 0 Å². The Labute approximate surface area is 122 Å². The zero-order valence-electron chi connectivity index (χ0n) is 13.7. The van der Waals surface area contributed by atoms with Crippen molar-refractivity contribution in [2.75, 3.05) is 38.5 Å². The summed E-state index contributed by atoms with van der Waals surface area (Å²) in [6, 6.07) is 2.21. The van der Waals surface area contributed by atoms with Crippen molar-refractivity contribution < 1.29 is 9.47 Å². The lowest BCUT2D eigenvalue weighted by Crippen LogP contribution is -2.31. The molecule has 1 N–H and O–H groups in total. The number of nitrogens with zero attached hydrogens (tertiary/aromatic N) is 2. The Morgan fingerprint density at radius 2 is 2.00 bits per heavy atom. The maximum absolute atomic E-state index is 5.48. The molecule has 0 radical (unpaired) electrons. The van der Waals surface area contributed by atoms with Gasteiger partial charge in [0.1, 0.15) is 5.69 Å². The molecule has 1 aromatic rings. The third kappa shape index (κ3) is 4.27. The third-order valence-electron chi connectivity index (χ3n) is 3.31. The topological polar surface area (TPSA) is 46.6 Å². The number of anilines is 2. The molecule has 0 saturated carbocycles. The summed E-state index contributed by atoms with van der Waals surface area (Å²) in [6.45, 7) is 6.30. The quantitative estimate of drug-likeness (QED) is 0.832. The number of methoxy groups -OCH3 is 2. The Kier molecular flexibility index (Phi) is 5.62. The van der Waals surface area contributed by atoms with Crippen LogP contribution in [-0.4, -0.2) is 44.9 Å². The van der Waals surface area contributed by atoms with Gasteiger partial charge in [0, 0.05) is 33.4 Å². The first-order valence-electron chi connectivity index (χ1n) is 6.82. The molecule has 1 atom stereocenters. The predicted octanol–water partition coefficient (Wildman–Crippen LogP) is 2.77. The number of hydrogen-bond donors (Lipinski definition) is 1. The van der Waals surface area contributed by atoms with Gasteiger partial charge in [0.2, 0.25) is 5.88 Å². The summed E-state index contributed by atoms with van der Waals surface area (Å²) in [5.74, 6) is 0.610. The van der Waals surface area contributed by atoms with Crippen molar-refractivity contribution in [1.82, 2.24) is 4.98 Å². The van der Waals surface area contributed by atoms with Crippen LogP contribution in [-0.2, 0) is 4.74 Å². The van der Waals surface area contributed by atoms with Crippen molar-refractivity contribution in [2.24, 2.45) is 0 Å². The zero-order chi connectivity index (χ0) is 15.3. The Bertz CT molecular complexity index is 433. The molecule has 5 nitrogen and oxygen atoms in total. The van der Waals surface area contributed by atoms with Crippen LogP contribution in [0.2, 0.25) is 0 Å². The van der Waals surface area contributed by atoms with E-state index in [-0.39, 0.29) is 11.6 Å². The summed E-state index contributed by atoms with van der Waals surface area (Å²) < 4.78 is 10.8. The van der Waals surface area contributed by atoms with E-state index in [1.807, 2.05) is 25.1 Å². The van der Waals surface area contributed by atoms with Crippen molar-refractivity contribution in [1.29, 1.82) is 0 Å². The molecule has 20 heavy (non-hydrogen) atoms. The molecule has 114 valence electrons. The standard InChI is InChI=1S/C15H27N3O2/c1-11(10-15(2,3)20-7)17-13-12(18(4)5)8-9-16-14(13)19-6/h8-9,11,17H,10H2,1-7H3. The molecule has 0 aromatic carbocycles. The summed E-state index contributed by atoms with van der Waals surface area (Å²) >= 11 is 0. The summed E-state index contributed by atoms with van der Waals surface area (Å²) in [6.07, 6.45) is 2.64. The second-order valence-corrected chi connectivity index (χ2v) is 5.82. The average Bonchev–Trinajstić information content (AvgIpc) is 2.38. The van der Waals surface area contributed by atoms with Gasteiger partial charge in [-0.25, -0.2) is 4.98 Å². The van der Waals surface area contributed by atoms with E-state index < -0.39 is 0 Å². The molecule has 1 aromatic heterocycles. The van der Waals surface area contributed by atoms with Crippen LogP contribution in [0.3, 0.4) is 0 Å². The van der Waals surface area contributed by atoms with E-state index in [1.54, 1.807) is 20.4 Å². The molecule has 5 heteroatoms. The predicted molar refractivity (Wildman–Crippen MR) is 83.9 cm³/mol. The van der Waals surface area contributed by atoms with Gasteiger partial charge in [-0.3, -0.25) is 0 Å². The minimum Gasteiger partial charge on any atom is -0.479 e. The van der Waals surface area contributed by atoms with Crippen molar-refractivity contribution >= 4 is 11.4 Å². The minimum absolute atomic E-state index is 0.167. The number of pyridine rings is 1. The van der Waals surface area contributed by atoms with E-state index >= 15 is 0 Å². The van der Waals surface area contributed by atoms with Crippen LogP contribution >= 0.6 is 0 Å². The highest BCUT2D eigenvalue weighted by atomic mass is 16.5. The minimum atomic E-state index is -0.167. The highest BCUT2D eigenvalue weighted by Crippen LogP contribution is 2.33. The Morgan fingerprint density at radius 3 is 2.50 bits per heavy atom. The Morgan fingerprint density at radius 1 is 1.35 bits per heavy atom. The maximum atomic E-state index is 5.48. The second kappa shape index (κ2) is 6.79. The highest BCUT2D eigenvalue weighted by Gasteiger charge is 2.22. The lowest BCUT2D eigenvalue weighted by Gasteiger charge is -2.29. The Balaban J connectivity index is 2.95. The van der Waals surface area contributed by atoms with Gasteiger partial charge < -0.3 is 19.7 Å². The lowest BCUT2D eigenvalue weighted by molar-refractivity contribution is 0.0128. The number of ether oxygens (including phenoxy) is 2. The van der Waals surface area contributed by atoms with E-state index in [0.717, 1.165) is 17.8 Å². The lowest BCUT2D eigenvalue weighted by atomic mass is 9.99. The van der Waals surface area contributed by atoms with Crippen LogP contribution in [0.5, 0.6) is 5.88 Å².